The van der Waals surface area contributed by atoms with Gasteiger partial charge >= 0.3 is 0 Å². The number of carbonyl (C=O) groups is 1. The third kappa shape index (κ3) is 3.89. The molecular formula is C23H31N5O2. The molecule has 1 fully saturated rings. The number of nitrogens with zero attached hydrogens (tertiary/aromatic N) is 5. The summed E-state index contributed by atoms with van der Waals surface area (Å²) in [6, 6.07) is 8.45. The van der Waals surface area contributed by atoms with Crippen LogP contribution in [-0.4, -0.2) is 82.9 Å². The first-order valence-corrected chi connectivity index (χ1v) is 11.1. The Balaban J connectivity index is 1.29. The fourth-order valence-electron chi connectivity index (χ4n) is 4.94. The predicted molar refractivity (Wildman–Crippen MR) is 114 cm³/mol. The number of amides is 1. The van der Waals surface area contributed by atoms with Crippen LogP contribution in [0.25, 0.3) is 0 Å². The molecule has 3 aliphatic heterocycles. The molecule has 30 heavy (non-hydrogen) atoms. The van der Waals surface area contributed by atoms with E-state index in [-0.39, 0.29) is 5.91 Å². The Kier molecular flexibility index (Phi) is 5.58. The molecule has 0 bridgehead atoms. The van der Waals surface area contributed by atoms with E-state index in [1.165, 1.54) is 16.8 Å². The number of ether oxygens (including phenoxy) is 1. The third-order valence-electron chi connectivity index (χ3n) is 6.78. The maximum atomic E-state index is 13.4. The second kappa shape index (κ2) is 8.49. The van der Waals surface area contributed by atoms with E-state index in [0.29, 0.717) is 12.2 Å². The van der Waals surface area contributed by atoms with Crippen LogP contribution < -0.4 is 0 Å². The van der Waals surface area contributed by atoms with Crippen LogP contribution in [0.1, 0.15) is 32.9 Å². The van der Waals surface area contributed by atoms with Gasteiger partial charge in [0.05, 0.1) is 13.2 Å². The summed E-state index contributed by atoms with van der Waals surface area (Å²) < 4.78 is 7.38. The van der Waals surface area contributed by atoms with Crippen LogP contribution in [0, 0.1) is 0 Å². The van der Waals surface area contributed by atoms with Crippen molar-refractivity contribution in [2.24, 2.45) is 7.05 Å². The fraction of sp³-hybridized carbons (Fsp3) is 0.565. The minimum absolute atomic E-state index is 0.0800. The average Bonchev–Trinajstić information content (AvgIpc) is 3.13. The number of benzene rings is 1. The molecule has 0 aliphatic carbocycles. The second-order valence-electron chi connectivity index (χ2n) is 8.62. The lowest BCUT2D eigenvalue weighted by Gasteiger charge is -2.32. The van der Waals surface area contributed by atoms with E-state index in [1.807, 2.05) is 16.6 Å². The number of hydrogen-bond donors (Lipinski definition) is 0. The minimum atomic E-state index is 0.0800. The van der Waals surface area contributed by atoms with E-state index in [4.69, 9.17) is 4.74 Å². The maximum Gasteiger partial charge on any atom is 0.275 e. The SMILES string of the molecule is Cn1nc(C(=O)N2CCc3ccccc3C2)c2c1CCN(CCN1CCOCC1)C2. The number of aryl methyl sites for hydroxylation is 1. The Morgan fingerprint density at radius 1 is 0.967 bits per heavy atom. The molecule has 0 N–H and O–H groups in total. The standard InChI is InChI=1S/C23H31N5O2/c1-25-21-7-8-27(11-10-26-12-14-30-15-13-26)17-20(21)22(24-25)23(29)28-9-6-18-4-2-3-5-19(18)16-28/h2-5H,6-17H2,1H3. The van der Waals surface area contributed by atoms with Crippen molar-refractivity contribution in [2.75, 3.05) is 52.5 Å². The Hall–Kier alpha value is -2.22. The number of morpholine rings is 1. The van der Waals surface area contributed by atoms with E-state index in [0.717, 1.165) is 77.4 Å². The molecule has 160 valence electrons. The zero-order valence-corrected chi connectivity index (χ0v) is 17.8. The van der Waals surface area contributed by atoms with Crippen LogP contribution in [0.5, 0.6) is 0 Å². The summed E-state index contributed by atoms with van der Waals surface area (Å²) in [6.45, 7) is 9.10. The van der Waals surface area contributed by atoms with E-state index in [9.17, 15) is 4.79 Å². The van der Waals surface area contributed by atoms with Crippen molar-refractivity contribution in [3.8, 4) is 0 Å². The van der Waals surface area contributed by atoms with E-state index in [2.05, 4.69) is 39.2 Å². The number of fused-ring (bicyclic) bond motifs is 2. The van der Waals surface area contributed by atoms with E-state index in [1.54, 1.807) is 0 Å². The van der Waals surface area contributed by atoms with Crippen LogP contribution in [0.15, 0.2) is 24.3 Å². The molecule has 1 saturated heterocycles. The lowest BCUT2D eigenvalue weighted by atomic mass is 9.99. The van der Waals surface area contributed by atoms with Crippen molar-refractivity contribution in [1.29, 1.82) is 0 Å². The Morgan fingerprint density at radius 3 is 2.57 bits per heavy atom. The molecule has 1 aromatic carbocycles. The van der Waals surface area contributed by atoms with Gasteiger partial charge in [-0.2, -0.15) is 5.10 Å². The Bertz CT molecular complexity index is 918. The molecule has 3 aliphatic rings. The molecular weight excluding hydrogens is 378 g/mol. The molecule has 0 radical (unpaired) electrons. The molecule has 0 atom stereocenters. The zero-order valence-electron chi connectivity index (χ0n) is 17.8. The summed E-state index contributed by atoms with van der Waals surface area (Å²) in [5.74, 6) is 0.0800. The largest absolute Gasteiger partial charge is 0.379 e. The molecule has 0 spiro atoms. The summed E-state index contributed by atoms with van der Waals surface area (Å²) in [5, 5.41) is 4.68. The van der Waals surface area contributed by atoms with Crippen LogP contribution >= 0.6 is 0 Å². The van der Waals surface area contributed by atoms with Crippen molar-refractivity contribution >= 4 is 5.91 Å². The second-order valence-corrected chi connectivity index (χ2v) is 8.62. The van der Waals surface area contributed by atoms with Gasteiger partial charge in [-0.05, 0) is 17.5 Å². The zero-order chi connectivity index (χ0) is 20.5. The molecule has 2 aromatic rings. The summed E-state index contributed by atoms with van der Waals surface area (Å²) in [4.78, 5) is 20.3. The van der Waals surface area contributed by atoms with Crippen molar-refractivity contribution in [3.63, 3.8) is 0 Å². The molecule has 1 amide bonds. The van der Waals surface area contributed by atoms with Gasteiger partial charge in [0.1, 0.15) is 0 Å². The van der Waals surface area contributed by atoms with E-state index < -0.39 is 0 Å². The van der Waals surface area contributed by atoms with Crippen molar-refractivity contribution < 1.29 is 9.53 Å². The normalized spacial score (nSPS) is 20.1. The van der Waals surface area contributed by atoms with Gasteiger partial charge < -0.3 is 9.64 Å². The highest BCUT2D eigenvalue weighted by Gasteiger charge is 2.31. The van der Waals surface area contributed by atoms with Gasteiger partial charge in [0.25, 0.3) is 5.91 Å². The molecule has 4 heterocycles. The number of carbonyl (C=O) groups excluding carboxylic acids is 1. The third-order valence-corrected chi connectivity index (χ3v) is 6.78. The molecule has 0 saturated carbocycles. The van der Waals surface area contributed by atoms with Crippen LogP contribution in [0.4, 0.5) is 0 Å². The first kappa shape index (κ1) is 19.7. The fourth-order valence-corrected chi connectivity index (χ4v) is 4.94. The molecule has 0 unspecified atom stereocenters. The van der Waals surface area contributed by atoms with Crippen LogP contribution in [-0.2, 0) is 37.7 Å². The highest BCUT2D eigenvalue weighted by molar-refractivity contribution is 5.94. The van der Waals surface area contributed by atoms with Gasteiger partial charge in [-0.1, -0.05) is 24.3 Å². The highest BCUT2D eigenvalue weighted by Crippen LogP contribution is 2.26. The van der Waals surface area contributed by atoms with Gasteiger partial charge in [-0.15, -0.1) is 0 Å². The summed E-state index contributed by atoms with van der Waals surface area (Å²) in [7, 11) is 1.98. The first-order chi connectivity index (χ1) is 14.7. The molecule has 1 aromatic heterocycles. The van der Waals surface area contributed by atoms with Gasteiger partial charge in [-0.25, -0.2) is 0 Å². The van der Waals surface area contributed by atoms with Gasteiger partial charge in [0.15, 0.2) is 5.69 Å². The van der Waals surface area contributed by atoms with Crippen molar-refractivity contribution in [1.82, 2.24) is 24.5 Å². The van der Waals surface area contributed by atoms with Crippen LogP contribution in [0.2, 0.25) is 0 Å². The highest BCUT2D eigenvalue weighted by atomic mass is 16.5. The smallest absolute Gasteiger partial charge is 0.275 e. The van der Waals surface area contributed by atoms with Gasteiger partial charge in [-0.3, -0.25) is 19.3 Å². The summed E-state index contributed by atoms with van der Waals surface area (Å²) >= 11 is 0. The first-order valence-electron chi connectivity index (χ1n) is 11.1. The Morgan fingerprint density at radius 2 is 1.73 bits per heavy atom. The quantitative estimate of drug-likeness (QED) is 0.762. The maximum absolute atomic E-state index is 13.4. The minimum Gasteiger partial charge on any atom is -0.379 e. The van der Waals surface area contributed by atoms with Crippen LogP contribution in [0.3, 0.4) is 0 Å². The van der Waals surface area contributed by atoms with E-state index >= 15 is 0 Å². The monoisotopic (exact) mass is 409 g/mol. The molecule has 5 rings (SSSR count). The summed E-state index contributed by atoms with van der Waals surface area (Å²) in [6.07, 6.45) is 1.88. The van der Waals surface area contributed by atoms with Crippen molar-refractivity contribution in [2.45, 2.75) is 25.9 Å². The predicted octanol–water partition coefficient (Wildman–Crippen LogP) is 1.31. The Labute approximate surface area is 178 Å². The molecule has 7 heteroatoms. The lowest BCUT2D eigenvalue weighted by molar-refractivity contribution is 0.0326. The lowest BCUT2D eigenvalue weighted by Crippen LogP contribution is -2.43. The number of hydrogen-bond acceptors (Lipinski definition) is 5. The number of rotatable bonds is 4. The van der Waals surface area contributed by atoms with Gasteiger partial charge in [0, 0.05) is 77.1 Å². The molecule has 7 nitrogen and oxygen atoms in total. The average molecular weight is 410 g/mol. The van der Waals surface area contributed by atoms with Crippen molar-refractivity contribution in [3.05, 3.63) is 52.3 Å². The number of aromatic nitrogens is 2. The summed E-state index contributed by atoms with van der Waals surface area (Å²) in [5.41, 5.74) is 5.63. The van der Waals surface area contributed by atoms with Gasteiger partial charge in [0.2, 0.25) is 0 Å². The topological polar surface area (TPSA) is 53.8 Å².